The largest absolute Gasteiger partial charge is 0.376 e. The van der Waals surface area contributed by atoms with E-state index in [-0.39, 0.29) is 23.6 Å². The number of H-pyrrole nitrogens is 1. The number of ether oxygens (including phenoxy) is 1. The molecule has 2 N–H and O–H groups in total. The van der Waals surface area contributed by atoms with Crippen molar-refractivity contribution < 1.29 is 9.53 Å². The summed E-state index contributed by atoms with van der Waals surface area (Å²) >= 11 is 5.51. The molecule has 2 heterocycles. The van der Waals surface area contributed by atoms with Crippen LogP contribution in [0, 0.1) is 10.7 Å². The third kappa shape index (κ3) is 4.21. The van der Waals surface area contributed by atoms with Crippen LogP contribution in [0.2, 0.25) is 0 Å². The van der Waals surface area contributed by atoms with Gasteiger partial charge >= 0.3 is 0 Å². The van der Waals surface area contributed by atoms with Gasteiger partial charge < -0.3 is 15.0 Å². The summed E-state index contributed by atoms with van der Waals surface area (Å²) in [7, 11) is 0. The molecule has 2 aromatic rings. The van der Waals surface area contributed by atoms with Gasteiger partial charge in [-0.25, -0.2) is 0 Å². The zero-order valence-corrected chi connectivity index (χ0v) is 17.5. The normalized spacial score (nSPS) is 22.7. The number of hydrogen-bond donors (Lipinski definition) is 2. The SMILES string of the molecule is CC(C1C=CCCC1)n1c(=S)[nH]c2cc(C(=O)NCC3CCCO3)ccc2c1=O. The summed E-state index contributed by atoms with van der Waals surface area (Å²) in [6.07, 6.45) is 9.77. The highest BCUT2D eigenvalue weighted by molar-refractivity contribution is 7.71. The molecule has 0 radical (unpaired) electrons. The van der Waals surface area contributed by atoms with E-state index in [1.165, 1.54) is 0 Å². The molecule has 0 bridgehead atoms. The predicted molar refractivity (Wildman–Crippen MR) is 116 cm³/mol. The molecule has 1 aliphatic heterocycles. The predicted octanol–water partition coefficient (Wildman–Crippen LogP) is 3.89. The Labute approximate surface area is 175 Å². The monoisotopic (exact) mass is 413 g/mol. The fourth-order valence-electron chi connectivity index (χ4n) is 4.29. The van der Waals surface area contributed by atoms with Crippen molar-refractivity contribution in [1.82, 2.24) is 14.9 Å². The second-order valence-corrected chi connectivity index (χ2v) is 8.36. The molecule has 154 valence electrons. The third-order valence-electron chi connectivity index (χ3n) is 6.02. The minimum Gasteiger partial charge on any atom is -0.376 e. The Morgan fingerprint density at radius 1 is 1.38 bits per heavy atom. The zero-order chi connectivity index (χ0) is 20.4. The van der Waals surface area contributed by atoms with E-state index in [0.717, 1.165) is 38.7 Å². The maximum Gasteiger partial charge on any atom is 0.262 e. The van der Waals surface area contributed by atoms with Crippen molar-refractivity contribution >= 4 is 29.0 Å². The number of fused-ring (bicyclic) bond motifs is 1. The molecule has 1 fully saturated rings. The van der Waals surface area contributed by atoms with E-state index < -0.39 is 0 Å². The van der Waals surface area contributed by atoms with E-state index in [4.69, 9.17) is 17.0 Å². The van der Waals surface area contributed by atoms with Gasteiger partial charge in [-0.15, -0.1) is 0 Å². The number of aromatic amines is 1. The van der Waals surface area contributed by atoms with Gasteiger partial charge in [0.15, 0.2) is 4.77 Å². The molecule has 6 nitrogen and oxygen atoms in total. The number of hydrogen-bond acceptors (Lipinski definition) is 4. The molecule has 0 spiro atoms. The lowest BCUT2D eigenvalue weighted by atomic mass is 9.90. The first kappa shape index (κ1) is 20.0. The Bertz CT molecular complexity index is 1050. The van der Waals surface area contributed by atoms with Crippen LogP contribution in [0.5, 0.6) is 0 Å². The second-order valence-electron chi connectivity index (χ2n) is 7.97. The van der Waals surface area contributed by atoms with Crippen LogP contribution in [0.25, 0.3) is 10.9 Å². The lowest BCUT2D eigenvalue weighted by Crippen LogP contribution is -2.32. The quantitative estimate of drug-likeness (QED) is 0.576. The number of carbonyl (C=O) groups excluding carboxylic acids is 1. The van der Waals surface area contributed by atoms with E-state index in [0.29, 0.717) is 33.7 Å². The highest BCUT2D eigenvalue weighted by atomic mass is 32.1. The highest BCUT2D eigenvalue weighted by Crippen LogP contribution is 2.27. The number of amides is 1. The Hall–Kier alpha value is -2.25. The molecule has 29 heavy (non-hydrogen) atoms. The number of rotatable bonds is 5. The average Bonchev–Trinajstić information content (AvgIpc) is 3.26. The molecule has 1 aromatic heterocycles. The molecule has 3 unspecified atom stereocenters. The van der Waals surface area contributed by atoms with E-state index in [2.05, 4.69) is 22.5 Å². The van der Waals surface area contributed by atoms with Crippen molar-refractivity contribution in [3.63, 3.8) is 0 Å². The van der Waals surface area contributed by atoms with Gasteiger partial charge in [-0.3, -0.25) is 14.2 Å². The van der Waals surface area contributed by atoms with Crippen molar-refractivity contribution in [3.8, 4) is 0 Å². The number of nitrogens with zero attached hydrogens (tertiary/aromatic N) is 1. The molecule has 3 atom stereocenters. The van der Waals surface area contributed by atoms with Gasteiger partial charge in [0.25, 0.3) is 11.5 Å². The van der Waals surface area contributed by atoms with Crippen molar-refractivity contribution in [3.05, 3.63) is 51.0 Å². The minimum atomic E-state index is -0.174. The van der Waals surface area contributed by atoms with Gasteiger partial charge in [0.1, 0.15) is 0 Å². The number of benzene rings is 1. The number of aromatic nitrogens is 2. The van der Waals surface area contributed by atoms with Crippen LogP contribution in [0.4, 0.5) is 0 Å². The van der Waals surface area contributed by atoms with Crippen LogP contribution in [-0.2, 0) is 4.74 Å². The van der Waals surface area contributed by atoms with Gasteiger partial charge in [-0.05, 0) is 75.4 Å². The second kappa shape index (κ2) is 8.63. The lowest BCUT2D eigenvalue weighted by molar-refractivity contribution is 0.0858. The van der Waals surface area contributed by atoms with Crippen LogP contribution in [0.15, 0.2) is 35.1 Å². The maximum absolute atomic E-state index is 13.1. The molecule has 1 amide bonds. The van der Waals surface area contributed by atoms with Crippen LogP contribution in [-0.4, -0.2) is 34.7 Å². The van der Waals surface area contributed by atoms with Gasteiger partial charge in [0.2, 0.25) is 0 Å². The molecular weight excluding hydrogens is 386 g/mol. The van der Waals surface area contributed by atoms with Crippen molar-refractivity contribution in [1.29, 1.82) is 0 Å². The fraction of sp³-hybridized carbons (Fsp3) is 0.500. The zero-order valence-electron chi connectivity index (χ0n) is 16.6. The van der Waals surface area contributed by atoms with Crippen LogP contribution in [0.3, 0.4) is 0 Å². The maximum atomic E-state index is 13.1. The third-order valence-corrected chi connectivity index (χ3v) is 6.32. The summed E-state index contributed by atoms with van der Waals surface area (Å²) < 4.78 is 7.61. The Kier molecular flexibility index (Phi) is 5.96. The van der Waals surface area contributed by atoms with E-state index >= 15 is 0 Å². The molecule has 7 heteroatoms. The van der Waals surface area contributed by atoms with Crippen molar-refractivity contribution in [2.45, 2.75) is 51.2 Å². The number of allylic oxidation sites excluding steroid dienone is 2. The Morgan fingerprint density at radius 3 is 2.97 bits per heavy atom. The van der Waals surface area contributed by atoms with Crippen molar-refractivity contribution in [2.75, 3.05) is 13.2 Å². The summed E-state index contributed by atoms with van der Waals surface area (Å²) in [5.74, 6) is 0.128. The van der Waals surface area contributed by atoms with Crippen molar-refractivity contribution in [2.24, 2.45) is 5.92 Å². The van der Waals surface area contributed by atoms with Gasteiger partial charge in [0.05, 0.1) is 17.0 Å². The highest BCUT2D eigenvalue weighted by Gasteiger charge is 2.21. The van der Waals surface area contributed by atoms with Crippen LogP contribution < -0.4 is 10.9 Å². The first-order valence-corrected chi connectivity index (χ1v) is 10.8. The summed E-state index contributed by atoms with van der Waals surface area (Å²) in [5, 5.41) is 3.46. The molecular formula is C22H27N3O3S. The first-order valence-electron chi connectivity index (χ1n) is 10.4. The van der Waals surface area contributed by atoms with Crippen LogP contribution in [0.1, 0.15) is 55.4 Å². The fourth-order valence-corrected chi connectivity index (χ4v) is 4.65. The van der Waals surface area contributed by atoms with E-state index in [1.54, 1.807) is 22.8 Å². The average molecular weight is 414 g/mol. The number of carbonyl (C=O) groups is 1. The summed E-state index contributed by atoms with van der Waals surface area (Å²) in [4.78, 5) is 28.8. The molecule has 1 saturated heterocycles. The van der Waals surface area contributed by atoms with E-state index in [9.17, 15) is 9.59 Å². The molecule has 1 aromatic carbocycles. The molecule has 4 rings (SSSR count). The molecule has 2 aliphatic rings. The standard InChI is InChI=1S/C22H27N3O3S/c1-14(15-6-3-2-4-7-15)25-21(27)18-10-9-16(12-19(18)24-22(25)29)20(26)23-13-17-8-5-11-28-17/h3,6,9-10,12,14-15,17H,2,4-5,7-8,11,13H2,1H3,(H,23,26)(H,24,29). The minimum absolute atomic E-state index is 0.0124. The van der Waals surface area contributed by atoms with E-state index in [1.807, 2.05) is 6.92 Å². The first-order chi connectivity index (χ1) is 14.0. The summed E-state index contributed by atoms with van der Waals surface area (Å²) in [5.41, 5.74) is 0.982. The summed E-state index contributed by atoms with van der Waals surface area (Å²) in [6.45, 7) is 3.30. The summed E-state index contributed by atoms with van der Waals surface area (Å²) in [6, 6.07) is 5.10. The lowest BCUT2D eigenvalue weighted by Gasteiger charge is -2.25. The topological polar surface area (TPSA) is 76.1 Å². The van der Waals surface area contributed by atoms with Gasteiger partial charge in [0, 0.05) is 24.8 Å². The Morgan fingerprint density at radius 2 is 2.24 bits per heavy atom. The Balaban J connectivity index is 1.60. The molecule has 0 saturated carbocycles. The van der Waals surface area contributed by atoms with Crippen LogP contribution >= 0.6 is 12.2 Å². The molecule has 1 aliphatic carbocycles. The van der Waals surface area contributed by atoms with Gasteiger partial charge in [-0.2, -0.15) is 0 Å². The van der Waals surface area contributed by atoms with Gasteiger partial charge in [-0.1, -0.05) is 12.2 Å². The smallest absolute Gasteiger partial charge is 0.262 e. The number of nitrogens with one attached hydrogen (secondary N) is 2.